The Hall–Kier alpha value is -2.87. The van der Waals surface area contributed by atoms with Crippen LogP contribution in [0.5, 0.6) is 0 Å². The van der Waals surface area contributed by atoms with E-state index in [0.717, 1.165) is 15.4 Å². The quantitative estimate of drug-likeness (QED) is 0.373. The summed E-state index contributed by atoms with van der Waals surface area (Å²) in [7, 11) is -4.08. The Balaban J connectivity index is 1.89. The van der Waals surface area contributed by atoms with Crippen molar-refractivity contribution in [3.63, 3.8) is 0 Å². The molecule has 0 aliphatic rings. The van der Waals surface area contributed by atoms with E-state index in [-0.39, 0.29) is 15.6 Å². The third-order valence-corrected chi connectivity index (χ3v) is 6.93. The molecular weight excluding hydrogens is 469 g/mol. The van der Waals surface area contributed by atoms with Crippen molar-refractivity contribution in [2.45, 2.75) is 18.7 Å². The topological polar surface area (TPSA) is 78.8 Å². The van der Waals surface area contributed by atoms with Crippen molar-refractivity contribution >= 4 is 50.5 Å². The number of hydrogen-bond acceptors (Lipinski definition) is 4. The molecule has 1 amide bonds. The highest BCUT2D eigenvalue weighted by Crippen LogP contribution is 2.32. The molecule has 0 spiro atoms. The van der Waals surface area contributed by atoms with Crippen molar-refractivity contribution in [2.24, 2.45) is 5.10 Å². The SMILES string of the molecule is C/C(=N/NC(=O)CN(c1ccc(Cl)cc1Cl)S(=O)(=O)c1ccccc1)c1ccc(C)cc1. The summed E-state index contributed by atoms with van der Waals surface area (Å²) in [6.07, 6.45) is 0. The fourth-order valence-corrected chi connectivity index (χ4v) is 4.90. The maximum absolute atomic E-state index is 13.3. The Bertz CT molecular complexity index is 1250. The van der Waals surface area contributed by atoms with Gasteiger partial charge in [0.1, 0.15) is 6.54 Å². The lowest BCUT2D eigenvalue weighted by Gasteiger charge is -2.24. The van der Waals surface area contributed by atoms with E-state index in [0.29, 0.717) is 10.7 Å². The molecule has 32 heavy (non-hydrogen) atoms. The molecular formula is C23H21Cl2N3O3S. The molecule has 0 radical (unpaired) electrons. The summed E-state index contributed by atoms with van der Waals surface area (Å²) < 4.78 is 27.6. The first-order valence-electron chi connectivity index (χ1n) is 9.61. The Morgan fingerprint density at radius 1 is 1.00 bits per heavy atom. The molecule has 0 bridgehead atoms. The molecule has 0 aliphatic heterocycles. The van der Waals surface area contributed by atoms with Crippen LogP contribution in [0.1, 0.15) is 18.1 Å². The zero-order valence-electron chi connectivity index (χ0n) is 17.4. The van der Waals surface area contributed by atoms with E-state index in [9.17, 15) is 13.2 Å². The van der Waals surface area contributed by atoms with Gasteiger partial charge in [-0.25, -0.2) is 13.8 Å². The van der Waals surface area contributed by atoms with Gasteiger partial charge in [-0.05, 0) is 49.7 Å². The molecule has 1 N–H and O–H groups in total. The molecule has 3 aromatic rings. The minimum atomic E-state index is -4.08. The molecule has 0 unspecified atom stereocenters. The summed E-state index contributed by atoms with van der Waals surface area (Å²) in [4.78, 5) is 12.7. The van der Waals surface area contributed by atoms with Crippen LogP contribution in [0, 0.1) is 6.92 Å². The van der Waals surface area contributed by atoms with Crippen LogP contribution in [-0.4, -0.2) is 26.6 Å². The molecule has 0 saturated heterocycles. The monoisotopic (exact) mass is 489 g/mol. The van der Waals surface area contributed by atoms with Gasteiger partial charge in [0.15, 0.2) is 0 Å². The molecule has 0 fully saturated rings. The number of hydrogen-bond donors (Lipinski definition) is 1. The molecule has 3 rings (SSSR count). The Morgan fingerprint density at radius 3 is 2.28 bits per heavy atom. The highest BCUT2D eigenvalue weighted by Gasteiger charge is 2.28. The molecule has 6 nitrogen and oxygen atoms in total. The first-order valence-corrected chi connectivity index (χ1v) is 11.8. The highest BCUT2D eigenvalue weighted by atomic mass is 35.5. The average molecular weight is 490 g/mol. The second-order valence-corrected chi connectivity index (χ2v) is 9.72. The predicted octanol–water partition coefficient (Wildman–Crippen LogP) is 5.04. The lowest BCUT2D eigenvalue weighted by molar-refractivity contribution is -0.119. The van der Waals surface area contributed by atoms with Gasteiger partial charge in [0, 0.05) is 5.02 Å². The number of sulfonamides is 1. The number of nitrogens with zero attached hydrogens (tertiary/aromatic N) is 2. The number of amides is 1. The second kappa shape index (κ2) is 10.2. The van der Waals surface area contributed by atoms with Crippen LogP contribution in [0.3, 0.4) is 0 Å². The smallest absolute Gasteiger partial charge is 0.264 e. The zero-order valence-corrected chi connectivity index (χ0v) is 19.7. The number of carbonyl (C=O) groups excluding carboxylic acids is 1. The lowest BCUT2D eigenvalue weighted by atomic mass is 10.1. The molecule has 0 saturated carbocycles. The molecule has 0 heterocycles. The van der Waals surface area contributed by atoms with E-state index >= 15 is 0 Å². The van der Waals surface area contributed by atoms with Gasteiger partial charge in [0.2, 0.25) is 0 Å². The van der Waals surface area contributed by atoms with Gasteiger partial charge in [0.25, 0.3) is 15.9 Å². The normalized spacial score (nSPS) is 11.8. The molecule has 9 heteroatoms. The molecule has 3 aromatic carbocycles. The van der Waals surface area contributed by atoms with E-state index in [4.69, 9.17) is 23.2 Å². The van der Waals surface area contributed by atoms with Crippen LogP contribution in [0.2, 0.25) is 10.0 Å². The Kier molecular flexibility index (Phi) is 7.56. The number of benzene rings is 3. The van der Waals surface area contributed by atoms with Crippen molar-refractivity contribution in [1.29, 1.82) is 0 Å². The van der Waals surface area contributed by atoms with E-state index in [2.05, 4.69) is 10.5 Å². The van der Waals surface area contributed by atoms with Crippen molar-refractivity contribution in [1.82, 2.24) is 5.43 Å². The zero-order chi connectivity index (χ0) is 23.3. The van der Waals surface area contributed by atoms with Gasteiger partial charge in [-0.2, -0.15) is 5.10 Å². The number of anilines is 1. The van der Waals surface area contributed by atoms with E-state index < -0.39 is 22.5 Å². The van der Waals surface area contributed by atoms with Gasteiger partial charge < -0.3 is 0 Å². The number of carbonyl (C=O) groups is 1. The average Bonchev–Trinajstić information content (AvgIpc) is 2.77. The predicted molar refractivity (Wildman–Crippen MR) is 129 cm³/mol. The van der Waals surface area contributed by atoms with Crippen LogP contribution < -0.4 is 9.73 Å². The molecule has 0 aromatic heterocycles. The minimum Gasteiger partial charge on any atom is -0.271 e. The lowest BCUT2D eigenvalue weighted by Crippen LogP contribution is -2.40. The summed E-state index contributed by atoms with van der Waals surface area (Å²) in [6.45, 7) is 3.20. The Labute approximate surface area is 197 Å². The van der Waals surface area contributed by atoms with Crippen LogP contribution in [0.4, 0.5) is 5.69 Å². The third-order valence-electron chi connectivity index (χ3n) is 4.61. The number of hydrazone groups is 1. The molecule has 166 valence electrons. The fourth-order valence-electron chi connectivity index (χ4n) is 2.87. The number of rotatable bonds is 7. The van der Waals surface area contributed by atoms with Crippen LogP contribution in [0.25, 0.3) is 0 Å². The fraction of sp³-hybridized carbons (Fsp3) is 0.130. The summed E-state index contributed by atoms with van der Waals surface area (Å²) in [5.41, 5.74) is 5.08. The molecule has 0 aliphatic carbocycles. The van der Waals surface area contributed by atoms with Gasteiger partial charge in [-0.15, -0.1) is 0 Å². The van der Waals surface area contributed by atoms with Crippen LogP contribution >= 0.6 is 23.2 Å². The van der Waals surface area contributed by atoms with Gasteiger partial charge in [0.05, 0.1) is 21.3 Å². The van der Waals surface area contributed by atoms with Gasteiger partial charge >= 0.3 is 0 Å². The molecule has 0 atom stereocenters. The Morgan fingerprint density at radius 2 is 1.66 bits per heavy atom. The highest BCUT2D eigenvalue weighted by molar-refractivity contribution is 7.92. The summed E-state index contributed by atoms with van der Waals surface area (Å²) >= 11 is 12.2. The number of aryl methyl sites for hydroxylation is 1. The number of halogens is 2. The van der Waals surface area contributed by atoms with Crippen molar-refractivity contribution in [3.05, 3.63) is 94.0 Å². The number of nitrogens with one attached hydrogen (secondary N) is 1. The maximum Gasteiger partial charge on any atom is 0.264 e. The van der Waals surface area contributed by atoms with E-state index in [1.54, 1.807) is 25.1 Å². The summed E-state index contributed by atoms with van der Waals surface area (Å²) in [5.74, 6) is -0.623. The van der Waals surface area contributed by atoms with Crippen LogP contribution in [-0.2, 0) is 14.8 Å². The first kappa shape index (κ1) is 23.8. The maximum atomic E-state index is 13.3. The van der Waals surface area contributed by atoms with Crippen molar-refractivity contribution in [3.8, 4) is 0 Å². The third kappa shape index (κ3) is 5.68. The summed E-state index contributed by atoms with van der Waals surface area (Å²) in [5, 5.41) is 4.55. The van der Waals surface area contributed by atoms with E-state index in [1.807, 2.05) is 31.2 Å². The second-order valence-electron chi connectivity index (χ2n) is 7.02. The van der Waals surface area contributed by atoms with Crippen LogP contribution in [0.15, 0.2) is 82.8 Å². The van der Waals surface area contributed by atoms with Gasteiger partial charge in [-0.3, -0.25) is 9.10 Å². The minimum absolute atomic E-state index is 0.0261. The summed E-state index contributed by atoms with van der Waals surface area (Å²) in [6, 6.07) is 19.8. The largest absolute Gasteiger partial charge is 0.271 e. The van der Waals surface area contributed by atoms with Crippen molar-refractivity contribution < 1.29 is 13.2 Å². The standard InChI is InChI=1S/C23H21Cl2N3O3S/c1-16-8-10-18(11-9-16)17(2)26-27-23(29)15-28(22-13-12-19(24)14-21(22)25)32(30,31)20-6-4-3-5-7-20/h3-14H,15H2,1-2H3,(H,27,29)/b26-17-. The van der Waals surface area contributed by atoms with Crippen molar-refractivity contribution in [2.75, 3.05) is 10.8 Å². The first-order chi connectivity index (χ1) is 15.2. The van der Waals surface area contributed by atoms with Gasteiger partial charge in [-0.1, -0.05) is 71.2 Å². The van der Waals surface area contributed by atoms with E-state index in [1.165, 1.54) is 30.3 Å².